The highest BCUT2D eigenvalue weighted by atomic mass is 19.1. The Morgan fingerprint density at radius 3 is 2.83 bits per heavy atom. The molecule has 1 aromatic carbocycles. The average Bonchev–Trinajstić information content (AvgIpc) is 3.08. The summed E-state index contributed by atoms with van der Waals surface area (Å²) in [6.07, 6.45) is 0.227. The van der Waals surface area contributed by atoms with Gasteiger partial charge in [0.1, 0.15) is 6.61 Å². The highest BCUT2D eigenvalue weighted by molar-refractivity contribution is 6.00. The molecule has 0 saturated heterocycles. The fraction of sp³-hybridized carbons (Fsp3) is 0.238. The Hall–Kier alpha value is -3.39. The minimum atomic E-state index is -2.23. The van der Waals surface area contributed by atoms with Crippen molar-refractivity contribution in [3.8, 4) is 11.4 Å². The summed E-state index contributed by atoms with van der Waals surface area (Å²) in [7, 11) is 0. The van der Waals surface area contributed by atoms with Gasteiger partial charge in [-0.15, -0.1) is 0 Å². The van der Waals surface area contributed by atoms with E-state index in [0.29, 0.717) is 33.4 Å². The van der Waals surface area contributed by atoms with Crippen LogP contribution in [0, 0.1) is 0 Å². The van der Waals surface area contributed by atoms with Crippen molar-refractivity contribution in [2.24, 2.45) is 0 Å². The summed E-state index contributed by atoms with van der Waals surface area (Å²) in [5.41, 5.74) is -0.0993. The molecule has 1 atom stereocenters. The SMILES string of the molecule is O=Cc1c2c(nc3ccccc13)-c1cc3c(c(=O)n1C2)COC(=O)C3(O)CCF. The molecular weight excluding hydrogens is 379 g/mol. The number of alkyl halides is 1. The van der Waals surface area contributed by atoms with Gasteiger partial charge in [0.2, 0.25) is 0 Å². The number of aldehydes is 1. The quantitative estimate of drug-likeness (QED) is 0.421. The van der Waals surface area contributed by atoms with Gasteiger partial charge in [0.25, 0.3) is 5.56 Å². The number of para-hydroxylation sites is 1. The molecule has 0 saturated carbocycles. The van der Waals surface area contributed by atoms with Crippen LogP contribution >= 0.6 is 0 Å². The second kappa shape index (κ2) is 6.05. The van der Waals surface area contributed by atoms with Gasteiger partial charge in [-0.3, -0.25) is 14.0 Å². The zero-order valence-electron chi connectivity index (χ0n) is 15.1. The number of hydrogen-bond acceptors (Lipinski definition) is 6. The first-order valence-electron chi connectivity index (χ1n) is 9.09. The summed E-state index contributed by atoms with van der Waals surface area (Å²) in [4.78, 5) is 41.8. The maximum atomic E-state index is 13.1. The van der Waals surface area contributed by atoms with Crippen LogP contribution in [0.15, 0.2) is 35.1 Å². The van der Waals surface area contributed by atoms with Crippen LogP contribution in [-0.2, 0) is 28.3 Å². The first-order chi connectivity index (χ1) is 14.0. The minimum Gasteiger partial charge on any atom is -0.458 e. The van der Waals surface area contributed by atoms with Crippen molar-refractivity contribution in [3.05, 3.63) is 62.9 Å². The third-order valence-electron chi connectivity index (χ3n) is 5.70. The normalized spacial score (nSPS) is 19.4. The molecule has 0 radical (unpaired) electrons. The fourth-order valence-electron chi connectivity index (χ4n) is 4.23. The Labute approximate surface area is 163 Å². The Bertz CT molecular complexity index is 1280. The zero-order chi connectivity index (χ0) is 20.3. The molecule has 2 aliphatic rings. The molecule has 0 spiro atoms. The molecule has 2 aliphatic heterocycles. The number of nitrogens with zero attached hydrogens (tertiary/aromatic N) is 2. The lowest BCUT2D eigenvalue weighted by Crippen LogP contribution is -2.45. The van der Waals surface area contributed by atoms with Crippen molar-refractivity contribution >= 4 is 23.2 Å². The van der Waals surface area contributed by atoms with E-state index in [1.165, 1.54) is 10.6 Å². The summed E-state index contributed by atoms with van der Waals surface area (Å²) in [6.45, 7) is -1.12. The van der Waals surface area contributed by atoms with Crippen LogP contribution in [0.2, 0.25) is 0 Å². The molecular formula is C21H15FN2O5. The van der Waals surface area contributed by atoms with E-state index in [4.69, 9.17) is 4.74 Å². The molecule has 0 fully saturated rings. The van der Waals surface area contributed by atoms with Crippen molar-refractivity contribution in [2.45, 2.75) is 25.2 Å². The number of pyridine rings is 2. The van der Waals surface area contributed by atoms with E-state index >= 15 is 0 Å². The van der Waals surface area contributed by atoms with E-state index in [0.717, 1.165) is 6.29 Å². The Balaban J connectivity index is 1.83. The van der Waals surface area contributed by atoms with Gasteiger partial charge in [-0.05, 0) is 12.1 Å². The van der Waals surface area contributed by atoms with Crippen LogP contribution in [0.3, 0.4) is 0 Å². The van der Waals surface area contributed by atoms with Crippen LogP contribution in [0.4, 0.5) is 4.39 Å². The minimum absolute atomic E-state index is 0.0399. The summed E-state index contributed by atoms with van der Waals surface area (Å²) in [5, 5.41) is 11.5. The number of aliphatic hydroxyl groups is 1. The van der Waals surface area contributed by atoms with Gasteiger partial charge in [-0.25, -0.2) is 9.78 Å². The highest BCUT2D eigenvalue weighted by Gasteiger charge is 2.46. The number of aromatic nitrogens is 2. The maximum Gasteiger partial charge on any atom is 0.343 e. The number of esters is 1. The van der Waals surface area contributed by atoms with Crippen molar-refractivity contribution < 1.29 is 23.8 Å². The van der Waals surface area contributed by atoms with Crippen LogP contribution < -0.4 is 5.56 Å². The summed E-state index contributed by atoms with van der Waals surface area (Å²) in [6, 6.07) is 8.64. The van der Waals surface area contributed by atoms with Crippen LogP contribution in [0.25, 0.3) is 22.3 Å². The third kappa shape index (κ3) is 2.26. The number of ether oxygens (including phenoxy) is 1. The molecule has 0 aliphatic carbocycles. The predicted octanol–water partition coefficient (Wildman–Crippen LogP) is 1.84. The lowest BCUT2D eigenvalue weighted by molar-refractivity contribution is -0.173. The maximum absolute atomic E-state index is 13.1. The van der Waals surface area contributed by atoms with E-state index in [9.17, 15) is 23.9 Å². The predicted molar refractivity (Wildman–Crippen MR) is 100 cm³/mol. The molecule has 4 heterocycles. The van der Waals surface area contributed by atoms with E-state index in [-0.39, 0.29) is 24.3 Å². The van der Waals surface area contributed by atoms with E-state index in [1.54, 1.807) is 24.3 Å². The number of hydrogen-bond donors (Lipinski definition) is 1. The standard InChI is InChI=1S/C21H15FN2O5/c22-6-5-21(28)15-7-17-18-12(8-24(17)19(26)14(15)10-29-20(21)27)13(9-25)11-3-1-2-4-16(11)23-18/h1-4,7,9,28H,5-6,8,10H2. The van der Waals surface area contributed by atoms with Crippen molar-refractivity contribution in [3.63, 3.8) is 0 Å². The van der Waals surface area contributed by atoms with Crippen molar-refractivity contribution in [1.82, 2.24) is 9.55 Å². The molecule has 29 heavy (non-hydrogen) atoms. The van der Waals surface area contributed by atoms with Gasteiger partial charge in [-0.2, -0.15) is 0 Å². The topological polar surface area (TPSA) is 98.5 Å². The lowest BCUT2D eigenvalue weighted by Gasteiger charge is -2.31. The van der Waals surface area contributed by atoms with Crippen LogP contribution in [0.1, 0.15) is 33.5 Å². The van der Waals surface area contributed by atoms with Gasteiger partial charge in [0.15, 0.2) is 11.9 Å². The van der Waals surface area contributed by atoms with Gasteiger partial charge in [0.05, 0.1) is 35.7 Å². The monoisotopic (exact) mass is 394 g/mol. The van der Waals surface area contributed by atoms with Gasteiger partial charge in [0, 0.05) is 28.5 Å². The Morgan fingerprint density at radius 2 is 2.07 bits per heavy atom. The smallest absolute Gasteiger partial charge is 0.343 e. The zero-order valence-corrected chi connectivity index (χ0v) is 15.1. The largest absolute Gasteiger partial charge is 0.458 e. The first-order valence-corrected chi connectivity index (χ1v) is 9.09. The molecule has 2 aromatic heterocycles. The number of halogens is 1. The van der Waals surface area contributed by atoms with E-state index in [1.807, 2.05) is 0 Å². The molecule has 5 rings (SSSR count). The summed E-state index contributed by atoms with van der Waals surface area (Å²) in [5.74, 6) is -0.981. The highest BCUT2D eigenvalue weighted by Crippen LogP contribution is 2.39. The Kier molecular flexibility index (Phi) is 3.69. The number of carbonyl (C=O) groups is 2. The number of cyclic esters (lactones) is 1. The van der Waals surface area contributed by atoms with Crippen LogP contribution in [-0.4, -0.2) is 33.6 Å². The molecule has 146 valence electrons. The lowest BCUT2D eigenvalue weighted by atomic mass is 9.85. The number of rotatable bonds is 3. The second-order valence-corrected chi connectivity index (χ2v) is 7.18. The average molecular weight is 394 g/mol. The number of fused-ring (bicyclic) bond motifs is 5. The summed E-state index contributed by atoms with van der Waals surface area (Å²) < 4.78 is 19.5. The molecule has 7 nitrogen and oxygen atoms in total. The van der Waals surface area contributed by atoms with Gasteiger partial charge in [-0.1, -0.05) is 18.2 Å². The third-order valence-corrected chi connectivity index (χ3v) is 5.70. The van der Waals surface area contributed by atoms with E-state index in [2.05, 4.69) is 4.98 Å². The van der Waals surface area contributed by atoms with Gasteiger partial charge >= 0.3 is 5.97 Å². The molecule has 1 N–H and O–H groups in total. The second-order valence-electron chi connectivity index (χ2n) is 7.18. The van der Waals surface area contributed by atoms with Gasteiger partial charge < -0.3 is 14.4 Å². The van der Waals surface area contributed by atoms with E-state index < -0.39 is 30.2 Å². The van der Waals surface area contributed by atoms with Crippen LogP contribution in [0.5, 0.6) is 0 Å². The van der Waals surface area contributed by atoms with Crippen molar-refractivity contribution in [2.75, 3.05) is 6.67 Å². The number of benzene rings is 1. The molecule has 8 heteroatoms. The molecule has 3 aromatic rings. The Morgan fingerprint density at radius 1 is 1.28 bits per heavy atom. The summed E-state index contributed by atoms with van der Waals surface area (Å²) >= 11 is 0. The molecule has 0 amide bonds. The first kappa shape index (κ1) is 17.7. The molecule has 0 bridgehead atoms. The number of carbonyl (C=O) groups excluding carboxylic acids is 2. The van der Waals surface area contributed by atoms with Crippen molar-refractivity contribution in [1.29, 1.82) is 0 Å². The fourth-order valence-corrected chi connectivity index (χ4v) is 4.23. The molecule has 1 unspecified atom stereocenters.